The van der Waals surface area contributed by atoms with Crippen molar-refractivity contribution in [1.29, 1.82) is 5.26 Å². The number of fused-ring (bicyclic) bond motifs is 1. The molecule has 1 saturated carbocycles. The smallest absolute Gasteiger partial charge is 0.223 e. The molecule has 1 aliphatic heterocycles. The van der Waals surface area contributed by atoms with Gasteiger partial charge >= 0.3 is 0 Å². The second kappa shape index (κ2) is 7.94. The molecule has 2 aliphatic rings. The van der Waals surface area contributed by atoms with Gasteiger partial charge in [-0.1, -0.05) is 30.9 Å². The predicted molar refractivity (Wildman–Crippen MR) is 108 cm³/mol. The summed E-state index contributed by atoms with van der Waals surface area (Å²) in [5.41, 5.74) is 1.66. The molecule has 1 saturated heterocycles. The number of nitrogens with zero attached hydrogens (tertiary/aromatic N) is 3. The van der Waals surface area contributed by atoms with Crippen molar-refractivity contribution < 1.29 is 4.79 Å². The number of nitriles is 1. The Kier molecular flexibility index (Phi) is 5.41. The fourth-order valence-corrected chi connectivity index (χ4v) is 5.02. The van der Waals surface area contributed by atoms with Crippen molar-refractivity contribution in [1.82, 2.24) is 9.47 Å². The normalized spacial score (nSPS) is 20.9. The van der Waals surface area contributed by atoms with E-state index in [1.807, 2.05) is 24.4 Å². The largest absolute Gasteiger partial charge is 0.344 e. The molecule has 2 heterocycles. The van der Waals surface area contributed by atoms with E-state index in [9.17, 15) is 10.1 Å². The first-order valence-electron chi connectivity index (χ1n) is 10.1. The summed E-state index contributed by atoms with van der Waals surface area (Å²) < 4.78 is 2.13. The molecule has 5 heteroatoms. The van der Waals surface area contributed by atoms with Gasteiger partial charge in [-0.25, -0.2) is 0 Å². The van der Waals surface area contributed by atoms with Gasteiger partial charge in [-0.05, 0) is 49.8 Å². The van der Waals surface area contributed by atoms with E-state index in [2.05, 4.69) is 15.5 Å². The molecule has 0 radical (unpaired) electrons. The highest BCUT2D eigenvalue weighted by atomic mass is 35.5. The summed E-state index contributed by atoms with van der Waals surface area (Å²) in [6.45, 7) is 1.61. The van der Waals surface area contributed by atoms with Crippen LogP contribution in [0.25, 0.3) is 10.9 Å². The molecule has 4 rings (SSSR count). The molecular weight excluding hydrogens is 358 g/mol. The molecule has 1 atom stereocenters. The number of amides is 1. The first-order valence-corrected chi connectivity index (χ1v) is 10.5. The molecule has 0 bridgehead atoms. The van der Waals surface area contributed by atoms with Crippen LogP contribution in [0.2, 0.25) is 5.02 Å². The third-order valence-electron chi connectivity index (χ3n) is 6.26. The summed E-state index contributed by atoms with van der Waals surface area (Å²) >= 11 is 6.11. The summed E-state index contributed by atoms with van der Waals surface area (Å²) in [5, 5.41) is 11.0. The van der Waals surface area contributed by atoms with Crippen LogP contribution in [0.5, 0.6) is 0 Å². The Bertz CT molecular complexity index is 876. The number of likely N-dealkylation sites (tertiary alicyclic amines) is 1. The fraction of sp³-hybridized carbons (Fsp3) is 0.545. The first-order chi connectivity index (χ1) is 13.2. The number of hydrogen-bond donors (Lipinski definition) is 0. The van der Waals surface area contributed by atoms with E-state index in [1.165, 1.54) is 32.1 Å². The molecule has 1 aromatic carbocycles. The summed E-state index contributed by atoms with van der Waals surface area (Å²) in [6.07, 6.45) is 11.0. The zero-order valence-electron chi connectivity index (χ0n) is 15.7. The molecule has 4 nitrogen and oxygen atoms in total. The lowest BCUT2D eigenvalue weighted by Gasteiger charge is -2.28. The highest BCUT2D eigenvalue weighted by Crippen LogP contribution is 2.30. The number of rotatable bonds is 4. The maximum Gasteiger partial charge on any atom is 0.223 e. The number of aromatic nitrogens is 1. The Labute approximate surface area is 165 Å². The van der Waals surface area contributed by atoms with Crippen molar-refractivity contribution >= 4 is 28.4 Å². The third-order valence-corrected chi connectivity index (χ3v) is 6.49. The zero-order valence-corrected chi connectivity index (χ0v) is 16.4. The molecule has 1 aliphatic carbocycles. The lowest BCUT2D eigenvalue weighted by atomic mass is 9.86. The van der Waals surface area contributed by atoms with Gasteiger partial charge in [0.25, 0.3) is 0 Å². The van der Waals surface area contributed by atoms with E-state index in [0.717, 1.165) is 36.8 Å². The fourth-order valence-electron chi connectivity index (χ4n) is 4.85. The van der Waals surface area contributed by atoms with Crippen LogP contribution in [-0.4, -0.2) is 28.0 Å². The molecular formula is C22H26ClN3O. The SMILES string of the molecule is N#Cc1cn(C[C@@H]2CCCN2C(=O)CC2CCCCC2)c2ccc(Cl)cc12. The molecule has 1 amide bonds. The number of halogens is 1. The summed E-state index contributed by atoms with van der Waals surface area (Å²) in [4.78, 5) is 15.0. The van der Waals surface area contributed by atoms with Crippen LogP contribution in [0.4, 0.5) is 0 Å². The molecule has 27 heavy (non-hydrogen) atoms. The lowest BCUT2D eigenvalue weighted by Crippen LogP contribution is -2.39. The van der Waals surface area contributed by atoms with Crippen molar-refractivity contribution in [3.63, 3.8) is 0 Å². The Morgan fingerprint density at radius 1 is 1.19 bits per heavy atom. The number of carbonyl (C=O) groups excluding carboxylic acids is 1. The number of carbonyl (C=O) groups is 1. The second-order valence-electron chi connectivity index (χ2n) is 8.06. The van der Waals surface area contributed by atoms with Crippen molar-refractivity contribution in [2.45, 2.75) is 64.0 Å². The van der Waals surface area contributed by atoms with Gasteiger partial charge in [0, 0.05) is 47.7 Å². The van der Waals surface area contributed by atoms with Crippen LogP contribution in [0.1, 0.15) is 56.9 Å². The van der Waals surface area contributed by atoms with Crippen LogP contribution < -0.4 is 0 Å². The van der Waals surface area contributed by atoms with Gasteiger partial charge in [0.2, 0.25) is 5.91 Å². The standard InChI is InChI=1S/C22H26ClN3O/c23-18-8-9-21-20(12-18)17(13-24)14-25(21)15-19-7-4-10-26(19)22(27)11-16-5-2-1-3-6-16/h8-9,12,14,16,19H,1-7,10-11,15H2/t19-/m0/s1. The van der Waals surface area contributed by atoms with E-state index < -0.39 is 0 Å². The van der Waals surface area contributed by atoms with Crippen molar-refractivity contribution in [2.75, 3.05) is 6.54 Å². The minimum atomic E-state index is 0.221. The van der Waals surface area contributed by atoms with Gasteiger partial charge in [-0.15, -0.1) is 0 Å². The summed E-state index contributed by atoms with van der Waals surface area (Å²) in [5.74, 6) is 0.900. The van der Waals surface area contributed by atoms with Crippen LogP contribution in [0.3, 0.4) is 0 Å². The summed E-state index contributed by atoms with van der Waals surface area (Å²) in [7, 11) is 0. The molecule has 0 N–H and O–H groups in total. The predicted octanol–water partition coefficient (Wildman–Crippen LogP) is 5.13. The average molecular weight is 384 g/mol. The van der Waals surface area contributed by atoms with Crippen LogP contribution in [-0.2, 0) is 11.3 Å². The van der Waals surface area contributed by atoms with Gasteiger partial charge < -0.3 is 9.47 Å². The number of benzene rings is 1. The minimum absolute atomic E-state index is 0.221. The second-order valence-corrected chi connectivity index (χ2v) is 8.50. The monoisotopic (exact) mass is 383 g/mol. The molecule has 1 aromatic heterocycles. The maximum absolute atomic E-state index is 12.9. The van der Waals surface area contributed by atoms with Crippen molar-refractivity contribution in [3.05, 3.63) is 35.0 Å². The van der Waals surface area contributed by atoms with Gasteiger partial charge in [0.1, 0.15) is 6.07 Å². The van der Waals surface area contributed by atoms with Crippen LogP contribution in [0.15, 0.2) is 24.4 Å². The van der Waals surface area contributed by atoms with Gasteiger partial charge in [0.15, 0.2) is 0 Å². The lowest BCUT2D eigenvalue weighted by molar-refractivity contribution is -0.133. The van der Waals surface area contributed by atoms with E-state index in [4.69, 9.17) is 11.6 Å². The van der Waals surface area contributed by atoms with E-state index in [1.54, 1.807) is 0 Å². The van der Waals surface area contributed by atoms with Crippen molar-refractivity contribution in [3.8, 4) is 6.07 Å². The van der Waals surface area contributed by atoms with E-state index >= 15 is 0 Å². The molecule has 2 fully saturated rings. The Morgan fingerprint density at radius 2 is 2.00 bits per heavy atom. The zero-order chi connectivity index (χ0) is 18.8. The molecule has 2 aromatic rings. The average Bonchev–Trinajstić information content (AvgIpc) is 3.27. The van der Waals surface area contributed by atoms with Crippen molar-refractivity contribution in [2.24, 2.45) is 5.92 Å². The van der Waals surface area contributed by atoms with Gasteiger partial charge in [-0.3, -0.25) is 4.79 Å². The maximum atomic E-state index is 12.9. The summed E-state index contributed by atoms with van der Waals surface area (Å²) in [6, 6.07) is 8.18. The molecule has 0 unspecified atom stereocenters. The van der Waals surface area contributed by atoms with Gasteiger partial charge in [0.05, 0.1) is 5.56 Å². The van der Waals surface area contributed by atoms with E-state index in [0.29, 0.717) is 28.8 Å². The Hall–Kier alpha value is -1.99. The quantitative estimate of drug-likeness (QED) is 0.734. The highest BCUT2D eigenvalue weighted by Gasteiger charge is 2.31. The van der Waals surface area contributed by atoms with E-state index in [-0.39, 0.29) is 6.04 Å². The molecule has 142 valence electrons. The van der Waals surface area contributed by atoms with Gasteiger partial charge in [-0.2, -0.15) is 5.26 Å². The number of hydrogen-bond acceptors (Lipinski definition) is 2. The highest BCUT2D eigenvalue weighted by molar-refractivity contribution is 6.31. The Morgan fingerprint density at radius 3 is 2.78 bits per heavy atom. The Balaban J connectivity index is 1.51. The molecule has 0 spiro atoms. The van der Waals surface area contributed by atoms with Crippen LogP contribution >= 0.6 is 11.6 Å². The topological polar surface area (TPSA) is 49.0 Å². The third kappa shape index (κ3) is 3.84. The van der Waals surface area contributed by atoms with Crippen LogP contribution in [0, 0.1) is 17.2 Å². The first kappa shape index (κ1) is 18.4. The minimum Gasteiger partial charge on any atom is -0.344 e.